The van der Waals surface area contributed by atoms with Gasteiger partial charge in [0.1, 0.15) is 0 Å². The van der Waals surface area contributed by atoms with E-state index in [2.05, 4.69) is 73.2 Å². The Bertz CT molecular complexity index is 979. The number of aromatic nitrogens is 3. The summed E-state index contributed by atoms with van der Waals surface area (Å²) in [5.74, 6) is 0. The maximum absolute atomic E-state index is 4.63. The van der Waals surface area contributed by atoms with Crippen molar-refractivity contribution in [3.63, 3.8) is 0 Å². The number of halogens is 2. The highest BCUT2D eigenvalue weighted by Crippen LogP contribution is 2.31. The third kappa shape index (κ3) is 2.98. The molecule has 0 fully saturated rings. The fraction of sp³-hybridized carbons (Fsp3) is 0.0588. The normalized spacial score (nSPS) is 10.7. The Labute approximate surface area is 153 Å². The highest BCUT2D eigenvalue weighted by molar-refractivity contribution is 14.1. The fourth-order valence-corrected chi connectivity index (χ4v) is 3.02. The molecule has 4 aromatic rings. The first-order valence-electron chi connectivity index (χ1n) is 6.97. The van der Waals surface area contributed by atoms with Crippen LogP contribution in [0.3, 0.4) is 0 Å². The van der Waals surface area contributed by atoms with E-state index in [9.17, 15) is 0 Å². The van der Waals surface area contributed by atoms with E-state index >= 15 is 0 Å². The maximum Gasteiger partial charge on any atom is 0.0932 e. The summed E-state index contributed by atoms with van der Waals surface area (Å²) in [5, 5.41) is 4.57. The number of rotatable bonds is 2. The van der Waals surface area contributed by atoms with Gasteiger partial charge in [-0.25, -0.2) is 4.98 Å². The summed E-state index contributed by atoms with van der Waals surface area (Å²) in [5.41, 5.74) is 6.01. The average molecular weight is 437 g/mol. The molecule has 0 aliphatic carbocycles. The summed E-state index contributed by atoms with van der Waals surface area (Å²) in [4.78, 5) is 12.2. The third-order valence-corrected chi connectivity index (χ3v) is 4.34. The number of nitrogens with one attached hydrogen (secondary N) is 2. The summed E-state index contributed by atoms with van der Waals surface area (Å²) in [6.07, 6.45) is 1.72. The van der Waals surface area contributed by atoms with Crippen molar-refractivity contribution in [1.29, 1.82) is 0 Å². The van der Waals surface area contributed by atoms with Gasteiger partial charge in [-0.05, 0) is 72.0 Å². The van der Waals surface area contributed by atoms with Crippen molar-refractivity contribution in [2.24, 2.45) is 0 Å². The molecule has 0 atom stereocenters. The van der Waals surface area contributed by atoms with E-state index in [0.717, 1.165) is 39.0 Å². The van der Waals surface area contributed by atoms with Crippen molar-refractivity contribution in [2.45, 2.75) is 6.92 Å². The fourth-order valence-electron chi connectivity index (χ4n) is 2.66. The van der Waals surface area contributed by atoms with E-state index < -0.39 is 0 Å². The second-order valence-electron chi connectivity index (χ2n) is 5.20. The lowest BCUT2D eigenvalue weighted by Gasteiger charge is -2.11. The van der Waals surface area contributed by atoms with Crippen LogP contribution in [-0.2, 0) is 0 Å². The maximum atomic E-state index is 4.63. The number of benzene rings is 2. The molecule has 2 aromatic carbocycles. The summed E-state index contributed by atoms with van der Waals surface area (Å²) < 4.78 is 1.22. The van der Waals surface area contributed by atoms with Gasteiger partial charge in [0.2, 0.25) is 0 Å². The molecule has 2 aromatic heterocycles. The number of pyridine rings is 1. The molecule has 6 heteroatoms. The van der Waals surface area contributed by atoms with E-state index in [-0.39, 0.29) is 12.4 Å². The van der Waals surface area contributed by atoms with Crippen LogP contribution in [0.2, 0.25) is 0 Å². The zero-order valence-electron chi connectivity index (χ0n) is 12.3. The molecule has 0 saturated carbocycles. The summed E-state index contributed by atoms with van der Waals surface area (Å²) >= 11 is 2.31. The zero-order chi connectivity index (χ0) is 15.1. The number of fused-ring (bicyclic) bond motifs is 3. The molecule has 0 unspecified atom stereocenters. The number of aryl methyl sites for hydroxylation is 1. The smallest absolute Gasteiger partial charge is 0.0932 e. The minimum Gasteiger partial charge on any atom is -0.355 e. The van der Waals surface area contributed by atoms with Crippen molar-refractivity contribution in [3.05, 3.63) is 58.1 Å². The Kier molecular flexibility index (Phi) is 4.41. The molecule has 0 spiro atoms. The lowest BCUT2D eigenvalue weighted by molar-refractivity contribution is 1.26. The minimum absolute atomic E-state index is 0. The van der Waals surface area contributed by atoms with Crippen LogP contribution >= 0.6 is 35.0 Å². The van der Waals surface area contributed by atoms with Crippen LogP contribution in [-0.4, -0.2) is 15.0 Å². The van der Waals surface area contributed by atoms with Crippen molar-refractivity contribution >= 4 is 68.3 Å². The van der Waals surface area contributed by atoms with Crippen molar-refractivity contribution in [2.75, 3.05) is 5.32 Å². The van der Waals surface area contributed by atoms with E-state index in [1.165, 1.54) is 3.57 Å². The van der Waals surface area contributed by atoms with Gasteiger partial charge in [0.25, 0.3) is 0 Å². The number of aromatic amines is 1. The molecule has 4 nitrogen and oxygen atoms in total. The van der Waals surface area contributed by atoms with E-state index in [1.807, 2.05) is 19.1 Å². The van der Waals surface area contributed by atoms with Gasteiger partial charge in [-0.1, -0.05) is 0 Å². The number of hydrogen-bond acceptors (Lipinski definition) is 3. The molecule has 4 rings (SSSR count). The predicted molar refractivity (Wildman–Crippen MR) is 106 cm³/mol. The molecule has 116 valence electrons. The van der Waals surface area contributed by atoms with Gasteiger partial charge in [-0.2, -0.15) is 0 Å². The molecule has 23 heavy (non-hydrogen) atoms. The van der Waals surface area contributed by atoms with Crippen LogP contribution in [0.4, 0.5) is 11.4 Å². The van der Waals surface area contributed by atoms with Gasteiger partial charge in [-0.15, -0.1) is 12.4 Å². The van der Waals surface area contributed by atoms with Crippen LogP contribution in [0.5, 0.6) is 0 Å². The summed E-state index contributed by atoms with van der Waals surface area (Å²) in [6.45, 7) is 2.01. The van der Waals surface area contributed by atoms with Gasteiger partial charge < -0.3 is 10.3 Å². The first kappa shape index (κ1) is 16.0. The standard InChI is InChI=1S/C17H13IN4.ClH/c1-10-8-15(22-12-4-2-11(18)3-5-12)16-13(21-10)6-7-14-17(16)20-9-19-14;/h2-9H,1H3,(H,19,20)(H,21,22);1H. The SMILES string of the molecule is Cc1cc(Nc2ccc(I)cc2)c2c(ccc3nc[nH]c32)n1.Cl. The molecular formula is C17H14ClIN4. The van der Waals surface area contributed by atoms with E-state index in [0.29, 0.717) is 0 Å². The summed E-state index contributed by atoms with van der Waals surface area (Å²) in [6, 6.07) is 14.4. The van der Waals surface area contributed by atoms with Gasteiger partial charge in [0, 0.05) is 20.3 Å². The van der Waals surface area contributed by atoms with Gasteiger partial charge in [0.05, 0.1) is 28.6 Å². The van der Waals surface area contributed by atoms with Crippen LogP contribution in [0.15, 0.2) is 48.8 Å². The molecule has 0 bridgehead atoms. The van der Waals surface area contributed by atoms with Gasteiger partial charge in [0.15, 0.2) is 0 Å². The Morgan fingerprint density at radius 1 is 1.04 bits per heavy atom. The topological polar surface area (TPSA) is 53.6 Å². The predicted octanol–water partition coefficient (Wildman–Crippen LogP) is 5.19. The average Bonchev–Trinajstić information content (AvgIpc) is 2.97. The Hall–Kier alpha value is -1.86. The summed E-state index contributed by atoms with van der Waals surface area (Å²) in [7, 11) is 0. The van der Waals surface area contributed by atoms with Crippen LogP contribution in [0.25, 0.3) is 21.9 Å². The van der Waals surface area contributed by atoms with Crippen molar-refractivity contribution in [3.8, 4) is 0 Å². The quantitative estimate of drug-likeness (QED) is 0.425. The Balaban J connectivity index is 0.00000156. The first-order chi connectivity index (χ1) is 10.7. The first-order valence-corrected chi connectivity index (χ1v) is 8.04. The Morgan fingerprint density at radius 2 is 1.78 bits per heavy atom. The molecule has 0 amide bonds. The van der Waals surface area contributed by atoms with Gasteiger partial charge >= 0.3 is 0 Å². The van der Waals surface area contributed by atoms with E-state index in [4.69, 9.17) is 0 Å². The highest BCUT2D eigenvalue weighted by atomic mass is 127. The minimum atomic E-state index is 0. The molecule has 2 heterocycles. The molecule has 0 saturated heterocycles. The van der Waals surface area contributed by atoms with Gasteiger partial charge in [-0.3, -0.25) is 4.98 Å². The molecule has 0 aliphatic heterocycles. The molecule has 0 radical (unpaired) electrons. The monoisotopic (exact) mass is 436 g/mol. The molecule has 0 aliphatic rings. The van der Waals surface area contributed by atoms with E-state index in [1.54, 1.807) is 6.33 Å². The molecule has 2 N–H and O–H groups in total. The third-order valence-electron chi connectivity index (χ3n) is 3.62. The second kappa shape index (κ2) is 6.33. The number of imidazole rings is 1. The number of H-pyrrole nitrogens is 1. The van der Waals surface area contributed by atoms with Crippen LogP contribution < -0.4 is 5.32 Å². The van der Waals surface area contributed by atoms with Crippen molar-refractivity contribution in [1.82, 2.24) is 15.0 Å². The number of hydrogen-bond donors (Lipinski definition) is 2. The lowest BCUT2D eigenvalue weighted by atomic mass is 10.1. The number of anilines is 2. The largest absolute Gasteiger partial charge is 0.355 e. The second-order valence-corrected chi connectivity index (χ2v) is 6.45. The molecular weight excluding hydrogens is 423 g/mol. The van der Waals surface area contributed by atoms with Crippen LogP contribution in [0.1, 0.15) is 5.69 Å². The zero-order valence-corrected chi connectivity index (χ0v) is 15.3. The highest BCUT2D eigenvalue weighted by Gasteiger charge is 2.10. The van der Waals surface area contributed by atoms with Crippen LogP contribution in [0, 0.1) is 10.5 Å². The van der Waals surface area contributed by atoms with Crippen molar-refractivity contribution < 1.29 is 0 Å². The lowest BCUT2D eigenvalue weighted by Crippen LogP contribution is -1.95. The Morgan fingerprint density at radius 3 is 2.57 bits per heavy atom. The number of nitrogens with zero attached hydrogens (tertiary/aromatic N) is 2.